The van der Waals surface area contributed by atoms with Crippen molar-refractivity contribution in [3.05, 3.63) is 69.2 Å². The van der Waals surface area contributed by atoms with Crippen molar-refractivity contribution in [1.82, 2.24) is 15.3 Å². The summed E-state index contributed by atoms with van der Waals surface area (Å²) in [5, 5.41) is 3.66. The normalized spacial score (nSPS) is 12.1. The maximum absolute atomic E-state index is 14.1. The molecule has 4 rings (SSSR count). The van der Waals surface area contributed by atoms with Crippen LogP contribution in [0.3, 0.4) is 0 Å². The number of amides is 1. The summed E-state index contributed by atoms with van der Waals surface area (Å²) in [6.07, 6.45) is -4.77. The van der Waals surface area contributed by atoms with Gasteiger partial charge in [0.05, 0.1) is 5.52 Å². The van der Waals surface area contributed by atoms with Gasteiger partial charge in [0.15, 0.2) is 0 Å². The van der Waals surface area contributed by atoms with E-state index >= 15 is 0 Å². The highest BCUT2D eigenvalue weighted by molar-refractivity contribution is 9.10. The molecule has 4 nitrogen and oxygen atoms in total. The Labute approximate surface area is 176 Å². The highest BCUT2D eigenvalue weighted by Crippen LogP contribution is 2.37. The van der Waals surface area contributed by atoms with E-state index in [1.54, 1.807) is 13.0 Å². The molecule has 0 unspecified atom stereocenters. The molecule has 3 N–H and O–H groups in total. The summed E-state index contributed by atoms with van der Waals surface area (Å²) in [5.41, 5.74) is 0.377. The molecular formula is C21H16BrF4N3O. The van der Waals surface area contributed by atoms with Crippen LogP contribution >= 0.6 is 15.9 Å². The average Bonchev–Trinajstić information content (AvgIpc) is 3.26. The number of alkyl halides is 3. The van der Waals surface area contributed by atoms with E-state index in [2.05, 4.69) is 31.2 Å². The lowest BCUT2D eigenvalue weighted by molar-refractivity contribution is -0.141. The zero-order valence-corrected chi connectivity index (χ0v) is 17.3. The predicted molar refractivity (Wildman–Crippen MR) is 110 cm³/mol. The number of hydrogen-bond donors (Lipinski definition) is 3. The number of aromatic nitrogens is 2. The van der Waals surface area contributed by atoms with Gasteiger partial charge in [-0.05, 0) is 54.8 Å². The molecule has 0 radical (unpaired) electrons. The summed E-state index contributed by atoms with van der Waals surface area (Å²) in [6.45, 7) is 1.59. The number of aryl methyl sites for hydroxylation is 1. The second-order valence-electron chi connectivity index (χ2n) is 7.01. The van der Waals surface area contributed by atoms with E-state index in [0.29, 0.717) is 11.3 Å². The molecule has 2 aromatic heterocycles. The number of benzene rings is 2. The van der Waals surface area contributed by atoms with E-state index < -0.39 is 23.6 Å². The average molecular weight is 482 g/mol. The maximum atomic E-state index is 14.1. The number of H-pyrrole nitrogens is 2. The molecule has 2 aromatic carbocycles. The van der Waals surface area contributed by atoms with Gasteiger partial charge >= 0.3 is 6.18 Å². The summed E-state index contributed by atoms with van der Waals surface area (Å²) in [4.78, 5) is 17.6. The summed E-state index contributed by atoms with van der Waals surface area (Å²) in [5.74, 6) is -1.18. The smallest absolute Gasteiger partial charge is 0.351 e. The quantitative estimate of drug-likeness (QED) is 0.314. The van der Waals surface area contributed by atoms with Gasteiger partial charge in [0.25, 0.3) is 5.91 Å². The molecule has 2 heterocycles. The van der Waals surface area contributed by atoms with Gasteiger partial charge in [0.2, 0.25) is 0 Å². The highest BCUT2D eigenvalue weighted by atomic mass is 79.9. The molecule has 0 aliphatic carbocycles. The Bertz CT molecular complexity index is 1270. The lowest BCUT2D eigenvalue weighted by Gasteiger charge is -2.10. The number of aromatic amines is 2. The lowest BCUT2D eigenvalue weighted by atomic mass is 10.0. The summed E-state index contributed by atoms with van der Waals surface area (Å²) < 4.78 is 55.4. The van der Waals surface area contributed by atoms with Crippen molar-refractivity contribution in [1.29, 1.82) is 0 Å². The second-order valence-corrected chi connectivity index (χ2v) is 7.93. The molecule has 9 heteroatoms. The minimum Gasteiger partial charge on any atom is -0.351 e. The lowest BCUT2D eigenvalue weighted by Crippen LogP contribution is -2.26. The molecule has 0 atom stereocenters. The third-order valence-corrected chi connectivity index (χ3v) is 5.48. The van der Waals surface area contributed by atoms with Crippen molar-refractivity contribution < 1.29 is 22.4 Å². The molecule has 0 aliphatic rings. The fraction of sp³-hybridized carbons (Fsp3) is 0.190. The van der Waals surface area contributed by atoms with Crippen LogP contribution in [0.4, 0.5) is 17.6 Å². The fourth-order valence-corrected chi connectivity index (χ4v) is 4.01. The van der Waals surface area contributed by atoms with E-state index in [0.717, 1.165) is 21.4 Å². The minimum absolute atomic E-state index is 0.0378. The number of halogens is 5. The van der Waals surface area contributed by atoms with E-state index in [1.807, 2.05) is 18.2 Å². The Kier molecular flexibility index (Phi) is 5.09. The first-order chi connectivity index (χ1) is 14.1. The molecule has 0 saturated carbocycles. The molecule has 0 spiro atoms. The number of fused-ring (bicyclic) bond motifs is 2. The number of rotatable bonds is 4. The van der Waals surface area contributed by atoms with Crippen LogP contribution in [-0.4, -0.2) is 22.4 Å². The first-order valence-electron chi connectivity index (χ1n) is 9.08. The molecule has 156 valence electrons. The molecule has 30 heavy (non-hydrogen) atoms. The molecular weight excluding hydrogens is 466 g/mol. The predicted octanol–water partition coefficient (Wildman–Crippen LogP) is 5.85. The Morgan fingerprint density at radius 3 is 2.63 bits per heavy atom. The van der Waals surface area contributed by atoms with Crippen molar-refractivity contribution in [2.24, 2.45) is 0 Å². The molecule has 4 aromatic rings. The third kappa shape index (κ3) is 3.69. The summed E-state index contributed by atoms with van der Waals surface area (Å²) in [7, 11) is 0. The first-order valence-corrected chi connectivity index (χ1v) is 9.88. The highest BCUT2D eigenvalue weighted by Gasteiger charge is 2.37. The third-order valence-electron chi connectivity index (χ3n) is 4.99. The summed E-state index contributed by atoms with van der Waals surface area (Å²) in [6, 6.07) is 9.74. The van der Waals surface area contributed by atoms with E-state index in [1.165, 1.54) is 6.07 Å². The zero-order chi connectivity index (χ0) is 21.6. The largest absolute Gasteiger partial charge is 0.431 e. The van der Waals surface area contributed by atoms with Crippen LogP contribution < -0.4 is 5.32 Å². The van der Waals surface area contributed by atoms with Crippen molar-refractivity contribution in [3.63, 3.8) is 0 Å². The monoisotopic (exact) mass is 481 g/mol. The Balaban J connectivity index is 1.58. The Hall–Kier alpha value is -2.81. The van der Waals surface area contributed by atoms with E-state index in [9.17, 15) is 22.4 Å². The van der Waals surface area contributed by atoms with Gasteiger partial charge in [-0.25, -0.2) is 4.39 Å². The molecule has 0 fully saturated rings. The fourth-order valence-electron chi connectivity index (χ4n) is 3.63. The number of nitrogens with one attached hydrogen (secondary N) is 3. The standard InChI is InChI=1S/C21H16BrF4N3O/c1-10-2-4-14(23)18-17(10)13(19(29-18)21(24,25)26)6-7-27-20(30)16-9-11-8-12(22)3-5-15(11)28-16/h2-5,8-9,28-29H,6-7H2,1H3,(H,27,30). The minimum atomic E-state index is -4.66. The Morgan fingerprint density at radius 2 is 1.90 bits per heavy atom. The Morgan fingerprint density at radius 1 is 1.13 bits per heavy atom. The molecule has 1 amide bonds. The first kappa shape index (κ1) is 20.5. The van der Waals surface area contributed by atoms with Crippen molar-refractivity contribution in [3.8, 4) is 0 Å². The van der Waals surface area contributed by atoms with Crippen LogP contribution in [0, 0.1) is 12.7 Å². The maximum Gasteiger partial charge on any atom is 0.431 e. The van der Waals surface area contributed by atoms with Crippen LogP contribution in [0.5, 0.6) is 0 Å². The van der Waals surface area contributed by atoms with Gasteiger partial charge in [0, 0.05) is 27.3 Å². The second kappa shape index (κ2) is 7.46. The number of carbonyl (C=O) groups is 1. The van der Waals surface area contributed by atoms with Crippen LogP contribution in [0.25, 0.3) is 21.8 Å². The number of carbonyl (C=O) groups excluding carboxylic acids is 1. The van der Waals surface area contributed by atoms with Gasteiger partial charge in [-0.15, -0.1) is 0 Å². The van der Waals surface area contributed by atoms with Crippen molar-refractivity contribution >= 4 is 43.6 Å². The van der Waals surface area contributed by atoms with Gasteiger partial charge in [0.1, 0.15) is 17.2 Å². The molecule has 0 aliphatic heterocycles. The molecule has 0 saturated heterocycles. The van der Waals surface area contributed by atoms with Crippen LogP contribution in [0.15, 0.2) is 40.9 Å². The zero-order valence-electron chi connectivity index (χ0n) is 15.7. The van der Waals surface area contributed by atoms with Crippen LogP contribution in [-0.2, 0) is 12.6 Å². The van der Waals surface area contributed by atoms with Crippen molar-refractivity contribution in [2.45, 2.75) is 19.5 Å². The number of hydrogen-bond acceptors (Lipinski definition) is 1. The summed E-state index contributed by atoms with van der Waals surface area (Å²) >= 11 is 3.36. The van der Waals surface area contributed by atoms with Gasteiger partial charge in [-0.1, -0.05) is 22.0 Å². The van der Waals surface area contributed by atoms with Crippen LogP contribution in [0.1, 0.15) is 27.3 Å². The van der Waals surface area contributed by atoms with Gasteiger partial charge < -0.3 is 15.3 Å². The molecule has 0 bridgehead atoms. The van der Waals surface area contributed by atoms with E-state index in [4.69, 9.17) is 0 Å². The van der Waals surface area contributed by atoms with Crippen LogP contribution in [0.2, 0.25) is 0 Å². The van der Waals surface area contributed by atoms with Crippen molar-refractivity contribution in [2.75, 3.05) is 6.54 Å². The topological polar surface area (TPSA) is 60.7 Å². The van der Waals surface area contributed by atoms with Gasteiger partial charge in [-0.3, -0.25) is 4.79 Å². The van der Waals surface area contributed by atoms with Gasteiger partial charge in [-0.2, -0.15) is 13.2 Å². The SMILES string of the molecule is Cc1ccc(F)c2[nH]c(C(F)(F)F)c(CCNC(=O)c3cc4cc(Br)ccc4[nH]3)c12. The van der Waals surface area contributed by atoms with E-state index in [-0.39, 0.29) is 29.4 Å².